The minimum Gasteiger partial charge on any atom is -0.182 e. The molecule has 0 nitrogen and oxygen atoms in total. The molecule has 7 heavy (non-hydrogen) atoms. The van der Waals surface area contributed by atoms with Crippen LogP contribution >= 0.6 is 12.6 Å². The van der Waals surface area contributed by atoms with Gasteiger partial charge in [0.15, 0.2) is 0 Å². The molecule has 0 spiro atoms. The monoisotopic (exact) mass is 114 g/mol. The van der Waals surface area contributed by atoms with Crippen molar-refractivity contribution in [2.24, 2.45) is 5.92 Å². The third-order valence-corrected chi connectivity index (χ3v) is 1.69. The van der Waals surface area contributed by atoms with Crippen LogP contribution in [0, 0.1) is 5.92 Å². The van der Waals surface area contributed by atoms with Gasteiger partial charge in [-0.05, 0) is 10.6 Å². The maximum absolute atomic E-state index is 5.54. The first-order chi connectivity index (χ1) is 2.94. The van der Waals surface area contributed by atoms with E-state index in [2.05, 4.69) is 12.6 Å². The lowest BCUT2D eigenvalue weighted by molar-refractivity contribution is 0.598. The van der Waals surface area contributed by atoms with Crippen LogP contribution in [0.5, 0.6) is 0 Å². The molecule has 0 amide bonds. The average Bonchev–Trinajstić information content (AvgIpc) is 1.31. The van der Waals surface area contributed by atoms with Crippen LogP contribution in [0.25, 0.3) is 0 Å². The topological polar surface area (TPSA) is 0 Å². The molecule has 0 N–H and O–H groups in total. The first-order valence-electron chi connectivity index (χ1n) is 2.46. The lowest BCUT2D eigenvalue weighted by Gasteiger charge is -2.22. The normalized spacial score (nSPS) is 19.6. The molecule has 2 heteroatoms. The molecule has 0 saturated carbocycles. The fraction of sp³-hybridized carbons (Fsp3) is 1.00. The molecule has 1 unspecified atom stereocenters. The molecule has 2 radical (unpaired) electrons. The molecular weight excluding hydrogens is 103 g/mol. The molecular formula is C5H11BS. The summed E-state index contributed by atoms with van der Waals surface area (Å²) in [5, 5.41) is 0. The smallest absolute Gasteiger partial charge is 0.0889 e. The van der Waals surface area contributed by atoms with E-state index in [0.717, 1.165) is 0 Å². The Morgan fingerprint density at radius 3 is 1.71 bits per heavy atom. The molecule has 0 heterocycles. The van der Waals surface area contributed by atoms with E-state index < -0.39 is 0 Å². The summed E-state index contributed by atoms with van der Waals surface area (Å²) in [6, 6.07) is 0. The van der Waals surface area contributed by atoms with Crippen LogP contribution in [0.2, 0.25) is 0 Å². The largest absolute Gasteiger partial charge is 0.182 e. The Morgan fingerprint density at radius 1 is 1.57 bits per heavy atom. The van der Waals surface area contributed by atoms with E-state index in [4.69, 9.17) is 7.85 Å². The van der Waals surface area contributed by atoms with Gasteiger partial charge in [-0.1, -0.05) is 20.8 Å². The third kappa shape index (κ3) is 3.04. The molecule has 0 bridgehead atoms. The lowest BCUT2D eigenvalue weighted by Crippen LogP contribution is -2.23. The number of rotatable bonds is 1. The molecule has 1 atom stereocenters. The highest BCUT2D eigenvalue weighted by molar-refractivity contribution is 7.83. The highest BCUT2D eigenvalue weighted by atomic mass is 32.1. The molecule has 0 aromatic heterocycles. The molecule has 40 valence electrons. The minimum atomic E-state index is -0.306. The molecule has 0 aromatic rings. The van der Waals surface area contributed by atoms with Crippen LogP contribution < -0.4 is 0 Å². The first-order valence-corrected chi connectivity index (χ1v) is 2.90. The van der Waals surface area contributed by atoms with Crippen molar-refractivity contribution in [2.45, 2.75) is 25.4 Å². The molecule has 0 saturated heterocycles. The predicted molar refractivity (Wildman–Crippen MR) is 38.0 cm³/mol. The van der Waals surface area contributed by atoms with Crippen LogP contribution in [0.1, 0.15) is 20.8 Å². The van der Waals surface area contributed by atoms with Gasteiger partial charge in [0.1, 0.15) is 0 Å². The molecule has 0 fully saturated rings. The molecule has 0 rings (SSSR count). The van der Waals surface area contributed by atoms with Crippen molar-refractivity contribution in [3.8, 4) is 0 Å². The second-order valence-electron chi connectivity index (χ2n) is 2.38. The second-order valence-corrected chi connectivity index (χ2v) is 3.34. The Bertz CT molecular complexity index is 53.6. The van der Waals surface area contributed by atoms with Gasteiger partial charge in [0.2, 0.25) is 0 Å². The van der Waals surface area contributed by atoms with Gasteiger partial charge in [-0.3, -0.25) is 0 Å². The van der Waals surface area contributed by atoms with Crippen molar-refractivity contribution in [3.05, 3.63) is 0 Å². The molecule has 0 aliphatic rings. The van der Waals surface area contributed by atoms with Crippen LogP contribution in [-0.2, 0) is 0 Å². The van der Waals surface area contributed by atoms with E-state index in [1.54, 1.807) is 0 Å². The number of hydrogen-bond acceptors (Lipinski definition) is 1. The van der Waals surface area contributed by atoms with E-state index in [1.807, 2.05) is 20.8 Å². The van der Waals surface area contributed by atoms with Crippen molar-refractivity contribution >= 4 is 20.5 Å². The standard InChI is InChI=1S/C5H11BS/c1-4(2)5(3,6)7/h4,7H,1-3H3. The van der Waals surface area contributed by atoms with Crippen molar-refractivity contribution in [3.63, 3.8) is 0 Å². The van der Waals surface area contributed by atoms with Gasteiger partial charge in [0.25, 0.3) is 0 Å². The Balaban J connectivity index is 3.54. The molecule has 0 aliphatic heterocycles. The lowest BCUT2D eigenvalue weighted by atomic mass is 9.79. The zero-order chi connectivity index (χ0) is 6.08. The Labute approximate surface area is 52.5 Å². The fourth-order valence-electron chi connectivity index (χ4n) is 0. The second kappa shape index (κ2) is 2.12. The maximum Gasteiger partial charge on any atom is 0.0889 e. The van der Waals surface area contributed by atoms with Crippen molar-refractivity contribution in [2.75, 3.05) is 0 Å². The van der Waals surface area contributed by atoms with Gasteiger partial charge in [-0.25, -0.2) is 0 Å². The van der Waals surface area contributed by atoms with Gasteiger partial charge >= 0.3 is 0 Å². The van der Waals surface area contributed by atoms with E-state index in [-0.39, 0.29) is 4.65 Å². The zero-order valence-electron chi connectivity index (χ0n) is 5.10. The fourth-order valence-corrected chi connectivity index (χ4v) is 0. The summed E-state index contributed by atoms with van der Waals surface area (Å²) < 4.78 is -0.306. The van der Waals surface area contributed by atoms with Gasteiger partial charge in [0, 0.05) is 0 Å². The highest BCUT2D eigenvalue weighted by Crippen LogP contribution is 2.18. The van der Waals surface area contributed by atoms with Crippen LogP contribution in [0.15, 0.2) is 0 Å². The summed E-state index contributed by atoms with van der Waals surface area (Å²) in [4.78, 5) is 0. The third-order valence-electron chi connectivity index (χ3n) is 1.17. The summed E-state index contributed by atoms with van der Waals surface area (Å²) in [5.41, 5.74) is 0. The predicted octanol–water partition coefficient (Wildman–Crippen LogP) is 1.46. The summed E-state index contributed by atoms with van der Waals surface area (Å²) >= 11 is 4.13. The van der Waals surface area contributed by atoms with E-state index in [9.17, 15) is 0 Å². The summed E-state index contributed by atoms with van der Waals surface area (Å²) in [5.74, 6) is 0.441. The van der Waals surface area contributed by atoms with Gasteiger partial charge < -0.3 is 0 Å². The average molecular weight is 114 g/mol. The van der Waals surface area contributed by atoms with Crippen molar-refractivity contribution in [1.82, 2.24) is 0 Å². The first kappa shape index (κ1) is 7.41. The SMILES string of the molecule is [B]C(C)(S)C(C)C. The zero-order valence-corrected chi connectivity index (χ0v) is 6.00. The van der Waals surface area contributed by atoms with Crippen LogP contribution in [0.4, 0.5) is 0 Å². The maximum atomic E-state index is 5.54. The summed E-state index contributed by atoms with van der Waals surface area (Å²) in [6.07, 6.45) is 0. The van der Waals surface area contributed by atoms with E-state index in [0.29, 0.717) is 5.92 Å². The van der Waals surface area contributed by atoms with Crippen LogP contribution in [-0.4, -0.2) is 12.5 Å². The Kier molecular flexibility index (Phi) is 2.25. The molecule has 0 aliphatic carbocycles. The van der Waals surface area contributed by atoms with Gasteiger partial charge in [-0.15, -0.1) is 0 Å². The minimum absolute atomic E-state index is 0.306. The molecule has 0 aromatic carbocycles. The quantitative estimate of drug-likeness (QED) is 0.387. The summed E-state index contributed by atoms with van der Waals surface area (Å²) in [7, 11) is 5.54. The van der Waals surface area contributed by atoms with Crippen molar-refractivity contribution in [1.29, 1.82) is 0 Å². The Morgan fingerprint density at radius 2 is 1.71 bits per heavy atom. The van der Waals surface area contributed by atoms with Crippen LogP contribution in [0.3, 0.4) is 0 Å². The van der Waals surface area contributed by atoms with E-state index >= 15 is 0 Å². The highest BCUT2D eigenvalue weighted by Gasteiger charge is 2.14. The van der Waals surface area contributed by atoms with Crippen molar-refractivity contribution < 1.29 is 0 Å². The van der Waals surface area contributed by atoms with Gasteiger partial charge in [0.05, 0.1) is 7.85 Å². The van der Waals surface area contributed by atoms with Gasteiger partial charge in [-0.2, -0.15) is 12.6 Å². The number of hydrogen-bond donors (Lipinski definition) is 1. The summed E-state index contributed by atoms with van der Waals surface area (Å²) in [6.45, 7) is 6.00. The Hall–Kier alpha value is 0.415. The van der Waals surface area contributed by atoms with E-state index in [1.165, 1.54) is 0 Å². The number of thiol groups is 1.